The highest BCUT2D eigenvalue weighted by atomic mass is 35.5. The minimum absolute atomic E-state index is 0.0209. The predicted molar refractivity (Wildman–Crippen MR) is 210 cm³/mol. The Morgan fingerprint density at radius 3 is 2.31 bits per heavy atom. The molecule has 58 heavy (non-hydrogen) atoms. The van der Waals surface area contributed by atoms with Crippen LogP contribution in [0, 0.1) is 28.6 Å². The smallest absolute Gasteiger partial charge is 0.306 e. The topological polar surface area (TPSA) is 215 Å². The normalized spacial score (nSPS) is 33.3. The Balaban J connectivity index is 1.13. The number of allylic oxidation sites excluding steroid dienone is 4. The van der Waals surface area contributed by atoms with Gasteiger partial charge in [-0.15, -0.1) is 11.6 Å². The Bertz CT molecular complexity index is 1800. The molecule has 3 saturated carbocycles. The molecule has 0 aromatic heterocycles. The number of halogens is 1. The number of hydrogen-bond acceptors (Lipinski definition) is 11. The Morgan fingerprint density at radius 2 is 1.64 bits per heavy atom. The largest absolute Gasteiger partial charge is 0.450 e. The van der Waals surface area contributed by atoms with Crippen LogP contribution in [0.25, 0.3) is 0 Å². The van der Waals surface area contributed by atoms with Crippen molar-refractivity contribution >= 4 is 58.7 Å². The van der Waals surface area contributed by atoms with E-state index < -0.39 is 82.3 Å². The second-order valence-electron chi connectivity index (χ2n) is 16.9. The Morgan fingerprint density at radius 1 is 0.966 bits per heavy atom. The first kappa shape index (κ1) is 44.9. The van der Waals surface area contributed by atoms with Gasteiger partial charge in [-0.2, -0.15) is 0 Å². The van der Waals surface area contributed by atoms with E-state index in [-0.39, 0.29) is 61.1 Å². The molecule has 0 bridgehead atoms. The van der Waals surface area contributed by atoms with Gasteiger partial charge < -0.3 is 30.5 Å². The molecule has 0 spiro atoms. The average Bonchev–Trinajstić information content (AvgIpc) is 3.60. The van der Waals surface area contributed by atoms with Crippen LogP contribution < -0.4 is 16.0 Å². The first-order valence-electron chi connectivity index (χ1n) is 20.3. The number of nitrogens with zero attached hydrogens (tertiary/aromatic N) is 1. The number of aliphatic hydroxyl groups is 1. The third-order valence-corrected chi connectivity index (χ3v) is 14.4. The van der Waals surface area contributed by atoms with Crippen molar-refractivity contribution in [2.24, 2.45) is 28.6 Å². The molecule has 5 aliphatic rings. The van der Waals surface area contributed by atoms with Crippen molar-refractivity contribution in [3.05, 3.63) is 36.0 Å². The van der Waals surface area contributed by atoms with Crippen molar-refractivity contribution < 1.29 is 52.9 Å². The predicted octanol–water partition coefficient (Wildman–Crippen LogP) is 2.72. The molecular weight excluding hydrogens is 772 g/mol. The molecule has 0 radical (unpaired) electrons. The lowest BCUT2D eigenvalue weighted by Crippen LogP contribution is -2.69. The number of unbranched alkanes of at least 4 members (excludes halogenated alkanes) is 2. The van der Waals surface area contributed by atoms with E-state index in [1.165, 1.54) is 32.1 Å². The van der Waals surface area contributed by atoms with Gasteiger partial charge in [0, 0.05) is 48.3 Å². The lowest BCUT2D eigenvalue weighted by atomic mass is 9.45. The Hall–Kier alpha value is -4.21. The van der Waals surface area contributed by atoms with E-state index in [9.17, 15) is 43.5 Å². The number of ketones is 2. The molecule has 1 aliphatic heterocycles. The number of fused-ring (bicyclic) bond motifs is 5. The van der Waals surface area contributed by atoms with E-state index in [0.717, 1.165) is 10.5 Å². The molecule has 5 amide bonds. The number of alkyl halides is 1. The first-order valence-corrected chi connectivity index (χ1v) is 20.7. The van der Waals surface area contributed by atoms with Gasteiger partial charge >= 0.3 is 5.97 Å². The third kappa shape index (κ3) is 8.05. The minimum Gasteiger partial charge on any atom is -0.450 e. The molecule has 0 saturated heterocycles. The van der Waals surface area contributed by atoms with Gasteiger partial charge in [0.15, 0.2) is 11.4 Å². The number of carbonyl (C=O) groups is 8. The van der Waals surface area contributed by atoms with Gasteiger partial charge in [0.2, 0.25) is 23.5 Å². The summed E-state index contributed by atoms with van der Waals surface area (Å²) in [4.78, 5) is 101. The van der Waals surface area contributed by atoms with Gasteiger partial charge in [0.25, 0.3) is 11.8 Å². The molecule has 318 valence electrons. The highest BCUT2D eigenvalue weighted by molar-refractivity contribution is 6.26. The van der Waals surface area contributed by atoms with Crippen molar-refractivity contribution in [1.82, 2.24) is 20.9 Å². The van der Waals surface area contributed by atoms with Crippen LogP contribution in [0.2, 0.25) is 0 Å². The van der Waals surface area contributed by atoms with Gasteiger partial charge in [-0.1, -0.05) is 45.8 Å². The molecule has 0 aromatic carbocycles. The van der Waals surface area contributed by atoms with Crippen LogP contribution in [-0.2, 0) is 47.8 Å². The van der Waals surface area contributed by atoms with Crippen LogP contribution in [0.1, 0.15) is 99.3 Å². The molecule has 3 fully saturated rings. The fraction of sp³-hybridized carbons (Fsp3) is 0.667. The van der Waals surface area contributed by atoms with E-state index in [2.05, 4.69) is 16.0 Å². The average molecular weight is 829 g/mol. The fourth-order valence-electron chi connectivity index (χ4n) is 10.3. The number of Topliss-reactive ketones (excluding diaryl/α,β-unsaturated/α-hetero) is 1. The second-order valence-corrected chi connectivity index (χ2v) is 17.5. The number of ether oxygens (including phenoxy) is 2. The van der Waals surface area contributed by atoms with Crippen molar-refractivity contribution in [1.29, 1.82) is 0 Å². The molecule has 10 atom stereocenters. The summed E-state index contributed by atoms with van der Waals surface area (Å²) in [7, 11) is 0. The number of nitrogens with one attached hydrogen (secondary N) is 3. The van der Waals surface area contributed by atoms with Crippen molar-refractivity contribution in [2.45, 2.75) is 128 Å². The quantitative estimate of drug-likeness (QED) is 0.0550. The maximum atomic E-state index is 14.4. The summed E-state index contributed by atoms with van der Waals surface area (Å²) in [5, 5.41) is 19.7. The summed E-state index contributed by atoms with van der Waals surface area (Å²) in [6.07, 6.45) is 9.75. The summed E-state index contributed by atoms with van der Waals surface area (Å²) < 4.78 is 11.9. The van der Waals surface area contributed by atoms with E-state index >= 15 is 0 Å². The van der Waals surface area contributed by atoms with Crippen LogP contribution in [0.15, 0.2) is 36.0 Å². The Labute approximate surface area is 344 Å². The number of imide groups is 1. The van der Waals surface area contributed by atoms with E-state index in [4.69, 9.17) is 21.1 Å². The summed E-state index contributed by atoms with van der Waals surface area (Å²) in [6.45, 7) is 9.63. The molecule has 0 aromatic rings. The van der Waals surface area contributed by atoms with Crippen LogP contribution >= 0.6 is 11.6 Å². The molecule has 1 heterocycles. The van der Waals surface area contributed by atoms with Gasteiger partial charge in [0.1, 0.15) is 25.4 Å². The van der Waals surface area contributed by atoms with E-state index in [0.29, 0.717) is 38.5 Å². The Kier molecular flexibility index (Phi) is 13.6. The molecule has 4 N–H and O–H groups in total. The zero-order valence-corrected chi connectivity index (χ0v) is 34.9. The monoisotopic (exact) mass is 828 g/mol. The maximum absolute atomic E-state index is 14.4. The molecule has 4 aliphatic carbocycles. The third-order valence-electron chi connectivity index (χ3n) is 13.4. The van der Waals surface area contributed by atoms with E-state index in [1.807, 2.05) is 20.8 Å². The van der Waals surface area contributed by atoms with Gasteiger partial charge in [0.05, 0.1) is 11.0 Å². The second kappa shape index (κ2) is 17.6. The lowest BCUT2D eigenvalue weighted by Gasteiger charge is -2.64. The number of rotatable bonds is 17. The molecular formula is C42H57ClN4O11. The van der Waals surface area contributed by atoms with Gasteiger partial charge in [-0.05, 0) is 76.4 Å². The SMILES string of the molecule is CCC(=O)O[C@]1(C(=O)COCNC(=O)[C@H](C)NC(=O)[C@H](C)NC(=O)CCCCCN2C(=O)C=CC2=O)[C@@H](C)CC2[C@@H]3CCC4=CC(=O)C=C[C@]4(C)[C@@]3(Cl)[C@@H](O)C[C@@]21C. The van der Waals surface area contributed by atoms with Crippen LogP contribution in [-0.4, -0.2) is 106 Å². The van der Waals surface area contributed by atoms with Gasteiger partial charge in [-0.3, -0.25) is 43.3 Å². The molecule has 1 unspecified atom stereocenters. The minimum atomic E-state index is -1.66. The van der Waals surface area contributed by atoms with Crippen LogP contribution in [0.4, 0.5) is 0 Å². The van der Waals surface area contributed by atoms with Crippen molar-refractivity contribution in [3.63, 3.8) is 0 Å². The summed E-state index contributed by atoms with van der Waals surface area (Å²) >= 11 is 7.58. The zero-order valence-electron chi connectivity index (χ0n) is 34.2. The number of amides is 5. The van der Waals surface area contributed by atoms with Gasteiger partial charge in [-0.25, -0.2) is 0 Å². The van der Waals surface area contributed by atoms with Crippen LogP contribution in [0.3, 0.4) is 0 Å². The van der Waals surface area contributed by atoms with E-state index in [1.54, 1.807) is 19.1 Å². The first-order chi connectivity index (χ1) is 27.3. The fourth-order valence-corrected chi connectivity index (χ4v) is 10.9. The molecule has 5 rings (SSSR count). The summed E-state index contributed by atoms with van der Waals surface area (Å²) in [5.74, 6) is -4.41. The number of hydrogen-bond donors (Lipinski definition) is 4. The number of aliphatic hydroxyl groups excluding tert-OH is 1. The summed E-state index contributed by atoms with van der Waals surface area (Å²) in [5.41, 5.74) is -2.60. The maximum Gasteiger partial charge on any atom is 0.306 e. The lowest BCUT2D eigenvalue weighted by molar-refractivity contribution is -0.203. The molecule has 15 nitrogen and oxygen atoms in total. The summed E-state index contributed by atoms with van der Waals surface area (Å²) in [6, 6.07) is -1.96. The van der Waals surface area contributed by atoms with Crippen molar-refractivity contribution in [2.75, 3.05) is 19.9 Å². The van der Waals surface area contributed by atoms with Crippen molar-refractivity contribution in [3.8, 4) is 0 Å². The van der Waals surface area contributed by atoms with Crippen LogP contribution in [0.5, 0.6) is 0 Å². The highest BCUT2D eigenvalue weighted by Gasteiger charge is 2.76. The standard InChI is InChI=1S/C42H57ClN4O11/c1-7-36(54)58-42(24(2)19-30-29-13-12-27-20-28(48)16-17-39(27,5)41(29,43)31(49)21-40(30,42)6)32(50)22-57-23-44-37(55)25(3)46-38(56)26(4)45-33(51)11-9-8-10-18-47-34(52)14-15-35(47)53/h14-17,20,24-26,29-31,49H,7-13,18-19,21-23H2,1-6H3,(H,44,55)(H,45,51)(H,46,56)/t24-,25-,26-,29-,30?,31-,39-,40-,41-,42-/m0/s1. The number of esters is 1. The highest BCUT2D eigenvalue weighted by Crippen LogP contribution is 2.72. The number of carbonyl (C=O) groups excluding carboxylic acids is 8. The zero-order chi connectivity index (χ0) is 42.8. The molecule has 16 heteroatoms.